The Labute approximate surface area is 136 Å². The molecule has 1 N–H and O–H groups in total. The lowest BCUT2D eigenvalue weighted by Gasteiger charge is -2.41. The molecule has 20 heavy (non-hydrogen) atoms. The lowest BCUT2D eigenvalue weighted by atomic mass is 9.71. The van der Waals surface area contributed by atoms with Crippen LogP contribution < -0.4 is 5.32 Å². The van der Waals surface area contributed by atoms with Gasteiger partial charge in [-0.05, 0) is 61.9 Å². The summed E-state index contributed by atoms with van der Waals surface area (Å²) >= 11 is 5.55. The fourth-order valence-electron chi connectivity index (χ4n) is 3.06. The second kappa shape index (κ2) is 6.85. The van der Waals surface area contributed by atoms with Crippen LogP contribution in [-0.4, -0.2) is 18.3 Å². The first kappa shape index (κ1) is 16.4. The van der Waals surface area contributed by atoms with Gasteiger partial charge >= 0.3 is 0 Å². The number of benzene rings is 1. The summed E-state index contributed by atoms with van der Waals surface area (Å²) < 4.78 is 1.16. The van der Waals surface area contributed by atoms with Gasteiger partial charge in [0.15, 0.2) is 0 Å². The van der Waals surface area contributed by atoms with Crippen LogP contribution in [0.15, 0.2) is 33.6 Å². The van der Waals surface area contributed by atoms with E-state index in [0.29, 0.717) is 16.7 Å². The summed E-state index contributed by atoms with van der Waals surface area (Å²) in [5.41, 5.74) is 0.428. The fraction of sp³-hybridized carbons (Fsp3) is 0.647. The first-order valence-electron chi connectivity index (χ1n) is 7.49. The van der Waals surface area contributed by atoms with Crippen LogP contribution in [0.3, 0.4) is 0 Å². The zero-order valence-corrected chi connectivity index (χ0v) is 15.4. The molecule has 0 spiro atoms. The van der Waals surface area contributed by atoms with Gasteiger partial charge in [0.25, 0.3) is 0 Å². The predicted octanol–water partition coefficient (Wildman–Crippen LogP) is 5.34. The predicted molar refractivity (Wildman–Crippen MR) is 93.4 cm³/mol. The number of thioether (sulfide) groups is 1. The maximum Gasteiger partial charge on any atom is 0.0251 e. The number of nitrogens with one attached hydrogen (secondary N) is 1. The SMILES string of the molecule is CNC1CCC(C(C)(C)C)CC1Sc1ccc(Br)cc1. The molecule has 0 heterocycles. The van der Waals surface area contributed by atoms with Gasteiger partial charge in [0, 0.05) is 20.7 Å². The molecule has 1 aliphatic carbocycles. The Bertz CT molecular complexity index is 424. The van der Waals surface area contributed by atoms with Gasteiger partial charge in [0.1, 0.15) is 0 Å². The van der Waals surface area contributed by atoms with E-state index in [0.717, 1.165) is 10.4 Å². The van der Waals surface area contributed by atoms with Gasteiger partial charge in [0.05, 0.1) is 0 Å². The number of hydrogen-bond donors (Lipinski definition) is 1. The quantitative estimate of drug-likeness (QED) is 0.784. The van der Waals surface area contributed by atoms with Gasteiger partial charge in [-0.25, -0.2) is 0 Å². The van der Waals surface area contributed by atoms with Crippen LogP contribution in [0, 0.1) is 11.3 Å². The van der Waals surface area contributed by atoms with Crippen molar-refractivity contribution in [2.75, 3.05) is 7.05 Å². The molecule has 3 atom stereocenters. The molecule has 0 aliphatic heterocycles. The van der Waals surface area contributed by atoms with E-state index in [4.69, 9.17) is 0 Å². The smallest absolute Gasteiger partial charge is 0.0251 e. The average molecular weight is 356 g/mol. The van der Waals surface area contributed by atoms with Crippen LogP contribution in [0.2, 0.25) is 0 Å². The van der Waals surface area contributed by atoms with Gasteiger partial charge in [-0.2, -0.15) is 0 Å². The molecule has 0 aromatic heterocycles. The van der Waals surface area contributed by atoms with E-state index in [2.05, 4.69) is 73.3 Å². The molecule has 3 heteroatoms. The average Bonchev–Trinajstić information content (AvgIpc) is 2.40. The van der Waals surface area contributed by atoms with Gasteiger partial charge < -0.3 is 5.32 Å². The Balaban J connectivity index is 2.07. The molecule has 1 saturated carbocycles. The largest absolute Gasteiger partial charge is 0.316 e. The molecule has 3 unspecified atom stereocenters. The Morgan fingerprint density at radius 1 is 1.15 bits per heavy atom. The molecule has 0 bridgehead atoms. The highest BCUT2D eigenvalue weighted by atomic mass is 79.9. The normalized spacial score (nSPS) is 27.6. The molecule has 1 aliphatic rings. The maximum atomic E-state index is 3.53. The summed E-state index contributed by atoms with van der Waals surface area (Å²) in [5.74, 6) is 0.833. The number of rotatable bonds is 3. The molecule has 0 radical (unpaired) electrons. The van der Waals surface area contributed by atoms with E-state index in [-0.39, 0.29) is 0 Å². The van der Waals surface area contributed by atoms with Crippen LogP contribution in [0.4, 0.5) is 0 Å². The van der Waals surface area contributed by atoms with Crippen LogP contribution in [0.1, 0.15) is 40.0 Å². The maximum absolute atomic E-state index is 3.53. The van der Waals surface area contributed by atoms with Crippen LogP contribution in [0.5, 0.6) is 0 Å². The number of halogens is 1. The van der Waals surface area contributed by atoms with E-state index in [1.54, 1.807) is 0 Å². The first-order valence-corrected chi connectivity index (χ1v) is 9.17. The summed E-state index contributed by atoms with van der Waals surface area (Å²) in [5, 5.41) is 4.21. The minimum absolute atomic E-state index is 0.428. The lowest BCUT2D eigenvalue weighted by Crippen LogP contribution is -2.43. The Kier molecular flexibility index (Phi) is 5.61. The molecule has 1 aromatic rings. The monoisotopic (exact) mass is 355 g/mol. The summed E-state index contributed by atoms with van der Waals surface area (Å²) in [6, 6.07) is 9.37. The molecular formula is C17H26BrNS. The van der Waals surface area contributed by atoms with Crippen molar-refractivity contribution in [1.82, 2.24) is 5.32 Å². The molecule has 1 nitrogen and oxygen atoms in total. The zero-order valence-electron chi connectivity index (χ0n) is 12.9. The second-order valence-corrected chi connectivity index (χ2v) is 9.11. The van der Waals surface area contributed by atoms with Crippen molar-refractivity contribution in [2.45, 2.75) is 56.2 Å². The minimum atomic E-state index is 0.428. The van der Waals surface area contributed by atoms with Crippen molar-refractivity contribution in [1.29, 1.82) is 0 Å². The van der Waals surface area contributed by atoms with Crippen molar-refractivity contribution in [3.05, 3.63) is 28.7 Å². The van der Waals surface area contributed by atoms with Crippen LogP contribution >= 0.6 is 27.7 Å². The third-order valence-corrected chi connectivity index (χ3v) is 6.39. The van der Waals surface area contributed by atoms with Gasteiger partial charge in [-0.1, -0.05) is 36.7 Å². The molecule has 1 aromatic carbocycles. The molecular weight excluding hydrogens is 330 g/mol. The van der Waals surface area contributed by atoms with E-state index >= 15 is 0 Å². The topological polar surface area (TPSA) is 12.0 Å². The fourth-order valence-corrected chi connectivity index (χ4v) is 4.74. The molecule has 1 fully saturated rings. The van der Waals surface area contributed by atoms with E-state index in [9.17, 15) is 0 Å². The second-order valence-electron chi connectivity index (χ2n) is 6.88. The Morgan fingerprint density at radius 3 is 2.35 bits per heavy atom. The van der Waals surface area contributed by atoms with Crippen molar-refractivity contribution in [3.8, 4) is 0 Å². The third-order valence-electron chi connectivity index (χ3n) is 4.49. The molecule has 112 valence electrons. The van der Waals surface area contributed by atoms with Crippen LogP contribution in [0.25, 0.3) is 0 Å². The third kappa shape index (κ3) is 4.25. The zero-order chi connectivity index (χ0) is 14.8. The summed E-state index contributed by atoms with van der Waals surface area (Å²) in [4.78, 5) is 1.38. The molecule has 0 amide bonds. The summed E-state index contributed by atoms with van der Waals surface area (Å²) in [7, 11) is 2.11. The van der Waals surface area contributed by atoms with E-state index < -0.39 is 0 Å². The highest BCUT2D eigenvalue weighted by molar-refractivity contribution is 9.10. The van der Waals surface area contributed by atoms with Gasteiger partial charge in [-0.3, -0.25) is 0 Å². The lowest BCUT2D eigenvalue weighted by molar-refractivity contribution is 0.167. The van der Waals surface area contributed by atoms with Crippen molar-refractivity contribution < 1.29 is 0 Å². The number of hydrogen-bond acceptors (Lipinski definition) is 2. The summed E-state index contributed by atoms with van der Waals surface area (Å²) in [6.07, 6.45) is 3.97. The van der Waals surface area contributed by atoms with Gasteiger partial charge in [0.2, 0.25) is 0 Å². The van der Waals surface area contributed by atoms with Crippen LogP contribution in [-0.2, 0) is 0 Å². The molecule has 0 saturated heterocycles. The van der Waals surface area contributed by atoms with Crippen molar-refractivity contribution in [3.63, 3.8) is 0 Å². The van der Waals surface area contributed by atoms with Crippen molar-refractivity contribution >= 4 is 27.7 Å². The van der Waals surface area contributed by atoms with Gasteiger partial charge in [-0.15, -0.1) is 11.8 Å². The highest BCUT2D eigenvalue weighted by Gasteiger charge is 2.35. The van der Waals surface area contributed by atoms with Crippen molar-refractivity contribution in [2.24, 2.45) is 11.3 Å². The first-order chi connectivity index (χ1) is 9.40. The van der Waals surface area contributed by atoms with E-state index in [1.807, 2.05) is 11.8 Å². The molecule has 2 rings (SSSR count). The highest BCUT2D eigenvalue weighted by Crippen LogP contribution is 2.43. The Morgan fingerprint density at radius 2 is 1.80 bits per heavy atom. The Hall–Kier alpha value is 0.01000. The standard InChI is InChI=1S/C17H26BrNS/c1-17(2,3)12-5-10-15(19-4)16(11-12)20-14-8-6-13(18)7-9-14/h6-9,12,15-16,19H,5,10-11H2,1-4H3. The minimum Gasteiger partial charge on any atom is -0.316 e. The summed E-state index contributed by atoms with van der Waals surface area (Å²) in [6.45, 7) is 7.16. The van der Waals surface area contributed by atoms with E-state index in [1.165, 1.54) is 24.2 Å².